The van der Waals surface area contributed by atoms with Gasteiger partial charge >= 0.3 is 5.97 Å². The molecular weight excluding hydrogens is 322 g/mol. The van der Waals surface area contributed by atoms with Crippen LogP contribution in [0.4, 0.5) is 0 Å². The molecule has 0 bridgehead atoms. The van der Waals surface area contributed by atoms with Crippen molar-refractivity contribution in [1.29, 1.82) is 0 Å². The van der Waals surface area contributed by atoms with Crippen molar-refractivity contribution in [2.75, 3.05) is 13.7 Å². The van der Waals surface area contributed by atoms with E-state index in [1.165, 1.54) is 7.11 Å². The predicted molar refractivity (Wildman–Crippen MR) is 92.3 cm³/mol. The normalized spacial score (nSPS) is 12.8. The number of carbonyl (C=O) groups excluding carboxylic acids is 2. The SMILES string of the molecule is CCOC(=O)[C@@H](O)[C@@H](NC(=O)c1ccccc1)c1ccc(OC)cc1. The maximum Gasteiger partial charge on any atom is 0.337 e. The Morgan fingerprint density at radius 2 is 1.72 bits per heavy atom. The minimum atomic E-state index is -1.53. The zero-order valence-corrected chi connectivity index (χ0v) is 14.1. The molecule has 0 saturated carbocycles. The standard InChI is InChI=1S/C19H21NO5/c1-3-25-19(23)17(21)16(13-9-11-15(24-2)12-10-13)20-18(22)14-7-5-4-6-8-14/h4-12,16-17,21H,3H2,1-2H3,(H,20,22)/t16-,17-/m0/s1. The van der Waals surface area contributed by atoms with Crippen LogP contribution in [0.5, 0.6) is 5.75 Å². The monoisotopic (exact) mass is 343 g/mol. The molecule has 0 heterocycles. The number of aliphatic hydroxyl groups excluding tert-OH is 1. The van der Waals surface area contributed by atoms with E-state index in [4.69, 9.17) is 9.47 Å². The van der Waals surface area contributed by atoms with Crippen LogP contribution in [0.25, 0.3) is 0 Å². The van der Waals surface area contributed by atoms with Gasteiger partial charge in [-0.2, -0.15) is 0 Å². The maximum atomic E-state index is 12.4. The van der Waals surface area contributed by atoms with E-state index in [1.54, 1.807) is 61.5 Å². The lowest BCUT2D eigenvalue weighted by molar-refractivity contribution is -0.154. The Balaban J connectivity index is 2.27. The van der Waals surface area contributed by atoms with E-state index in [0.717, 1.165) is 0 Å². The highest BCUT2D eigenvalue weighted by Gasteiger charge is 2.30. The fourth-order valence-electron chi connectivity index (χ4n) is 2.33. The first kappa shape index (κ1) is 18.5. The summed E-state index contributed by atoms with van der Waals surface area (Å²) in [6, 6.07) is 14.4. The smallest absolute Gasteiger partial charge is 0.337 e. The van der Waals surface area contributed by atoms with Crippen LogP contribution in [0, 0.1) is 0 Å². The third kappa shape index (κ3) is 4.81. The fraction of sp³-hybridized carbons (Fsp3) is 0.263. The highest BCUT2D eigenvalue weighted by Crippen LogP contribution is 2.22. The molecule has 0 unspecified atom stereocenters. The van der Waals surface area contributed by atoms with Gasteiger partial charge in [-0.05, 0) is 36.8 Å². The van der Waals surface area contributed by atoms with Crippen LogP contribution < -0.4 is 10.1 Å². The van der Waals surface area contributed by atoms with Crippen molar-refractivity contribution in [2.24, 2.45) is 0 Å². The van der Waals surface area contributed by atoms with E-state index in [2.05, 4.69) is 5.32 Å². The Bertz CT molecular complexity index is 700. The molecule has 0 radical (unpaired) electrons. The number of esters is 1. The largest absolute Gasteiger partial charge is 0.497 e. The lowest BCUT2D eigenvalue weighted by Gasteiger charge is -2.23. The van der Waals surface area contributed by atoms with Crippen LogP contribution in [0.1, 0.15) is 28.9 Å². The van der Waals surface area contributed by atoms with E-state index in [0.29, 0.717) is 16.9 Å². The number of ether oxygens (including phenoxy) is 2. The van der Waals surface area contributed by atoms with Gasteiger partial charge in [0.05, 0.1) is 19.8 Å². The molecule has 2 aromatic rings. The van der Waals surface area contributed by atoms with Gasteiger partial charge in [0.15, 0.2) is 6.10 Å². The van der Waals surface area contributed by atoms with Crippen molar-refractivity contribution in [3.63, 3.8) is 0 Å². The number of aliphatic hydroxyl groups is 1. The predicted octanol–water partition coefficient (Wildman–Crippen LogP) is 2.09. The van der Waals surface area contributed by atoms with Crippen molar-refractivity contribution in [2.45, 2.75) is 19.1 Å². The Morgan fingerprint density at radius 3 is 2.28 bits per heavy atom. The van der Waals surface area contributed by atoms with E-state index >= 15 is 0 Å². The number of carbonyl (C=O) groups is 2. The van der Waals surface area contributed by atoms with Crippen LogP contribution in [0.3, 0.4) is 0 Å². The molecule has 0 aliphatic rings. The quantitative estimate of drug-likeness (QED) is 0.752. The molecule has 0 spiro atoms. The summed E-state index contributed by atoms with van der Waals surface area (Å²) in [6.07, 6.45) is -1.53. The summed E-state index contributed by atoms with van der Waals surface area (Å²) < 4.78 is 9.98. The summed E-state index contributed by atoms with van der Waals surface area (Å²) in [7, 11) is 1.54. The average Bonchev–Trinajstić information content (AvgIpc) is 2.66. The van der Waals surface area contributed by atoms with Gasteiger partial charge in [-0.25, -0.2) is 4.79 Å². The summed E-state index contributed by atoms with van der Waals surface area (Å²) in [5.74, 6) is -0.566. The summed E-state index contributed by atoms with van der Waals surface area (Å²) in [5.41, 5.74) is 0.989. The van der Waals surface area contributed by atoms with E-state index in [9.17, 15) is 14.7 Å². The first-order valence-corrected chi connectivity index (χ1v) is 7.91. The molecule has 1 amide bonds. The molecule has 2 atom stereocenters. The summed E-state index contributed by atoms with van der Waals surface area (Å²) in [6.45, 7) is 1.79. The number of hydrogen-bond acceptors (Lipinski definition) is 5. The van der Waals surface area contributed by atoms with E-state index in [1.807, 2.05) is 0 Å². The summed E-state index contributed by atoms with van der Waals surface area (Å²) in [4.78, 5) is 24.4. The number of nitrogens with one attached hydrogen (secondary N) is 1. The maximum absolute atomic E-state index is 12.4. The van der Waals surface area contributed by atoms with Crippen molar-refractivity contribution >= 4 is 11.9 Å². The second-order valence-corrected chi connectivity index (χ2v) is 5.29. The molecule has 6 heteroatoms. The van der Waals surface area contributed by atoms with Crippen LogP contribution >= 0.6 is 0 Å². The molecule has 0 aromatic heterocycles. The number of benzene rings is 2. The molecule has 0 aliphatic carbocycles. The van der Waals surface area contributed by atoms with Gasteiger partial charge in [0, 0.05) is 5.56 Å². The van der Waals surface area contributed by atoms with Crippen LogP contribution in [0.2, 0.25) is 0 Å². The van der Waals surface area contributed by atoms with Crippen molar-refractivity contribution < 1.29 is 24.2 Å². The van der Waals surface area contributed by atoms with Gasteiger partial charge in [0.25, 0.3) is 5.91 Å². The zero-order valence-electron chi connectivity index (χ0n) is 14.1. The summed E-state index contributed by atoms with van der Waals surface area (Å²) in [5, 5.41) is 13.1. The lowest BCUT2D eigenvalue weighted by atomic mass is 10.0. The van der Waals surface area contributed by atoms with Gasteiger partial charge in [0.1, 0.15) is 5.75 Å². The van der Waals surface area contributed by atoms with Crippen LogP contribution in [-0.4, -0.2) is 36.8 Å². The number of rotatable bonds is 7. The number of amides is 1. The molecule has 0 fully saturated rings. The minimum Gasteiger partial charge on any atom is -0.497 e. The third-order valence-electron chi connectivity index (χ3n) is 3.64. The second-order valence-electron chi connectivity index (χ2n) is 5.29. The second kappa shape index (κ2) is 8.84. The van der Waals surface area contributed by atoms with Gasteiger partial charge in [0.2, 0.25) is 0 Å². The highest BCUT2D eigenvalue weighted by molar-refractivity contribution is 5.94. The molecule has 0 saturated heterocycles. The molecule has 25 heavy (non-hydrogen) atoms. The van der Waals surface area contributed by atoms with Crippen molar-refractivity contribution in [3.05, 3.63) is 65.7 Å². The van der Waals surface area contributed by atoms with Crippen molar-refractivity contribution in [3.8, 4) is 5.75 Å². The van der Waals surface area contributed by atoms with Gasteiger partial charge in [-0.15, -0.1) is 0 Å². The molecule has 6 nitrogen and oxygen atoms in total. The fourth-order valence-corrected chi connectivity index (χ4v) is 2.33. The molecule has 2 aromatic carbocycles. The highest BCUT2D eigenvalue weighted by atomic mass is 16.5. The minimum absolute atomic E-state index is 0.137. The molecule has 132 valence electrons. The van der Waals surface area contributed by atoms with Gasteiger partial charge in [-0.3, -0.25) is 4.79 Å². The molecule has 2 N–H and O–H groups in total. The average molecular weight is 343 g/mol. The lowest BCUT2D eigenvalue weighted by Crippen LogP contribution is -2.41. The van der Waals surface area contributed by atoms with Crippen molar-refractivity contribution in [1.82, 2.24) is 5.32 Å². The van der Waals surface area contributed by atoms with Gasteiger partial charge < -0.3 is 19.9 Å². The number of methoxy groups -OCH3 is 1. The zero-order chi connectivity index (χ0) is 18.2. The molecule has 2 rings (SSSR count). The molecule has 0 aliphatic heterocycles. The third-order valence-corrected chi connectivity index (χ3v) is 3.64. The number of hydrogen-bond donors (Lipinski definition) is 2. The van der Waals surface area contributed by atoms with E-state index in [-0.39, 0.29) is 6.61 Å². The topological polar surface area (TPSA) is 84.9 Å². The summed E-state index contributed by atoms with van der Waals surface area (Å²) >= 11 is 0. The van der Waals surface area contributed by atoms with Gasteiger partial charge in [-0.1, -0.05) is 30.3 Å². The Labute approximate surface area is 146 Å². The first-order valence-electron chi connectivity index (χ1n) is 7.91. The Kier molecular flexibility index (Phi) is 6.54. The van der Waals surface area contributed by atoms with Crippen LogP contribution in [-0.2, 0) is 9.53 Å². The Hall–Kier alpha value is -2.86. The molecular formula is C19H21NO5. The first-order chi connectivity index (χ1) is 12.1. The van der Waals surface area contributed by atoms with E-state index < -0.39 is 24.0 Å². The van der Waals surface area contributed by atoms with Crippen LogP contribution in [0.15, 0.2) is 54.6 Å². The Morgan fingerprint density at radius 1 is 1.08 bits per heavy atom.